The second kappa shape index (κ2) is 13.6. The summed E-state index contributed by atoms with van der Waals surface area (Å²) in [6.07, 6.45) is 13.1. The SMILES string of the molecule is CCCCCCCCCCCCOc1ccc(NC(=O)c2cccc(O)c2)cc1. The fourth-order valence-corrected chi connectivity index (χ4v) is 3.26. The van der Waals surface area contributed by atoms with Crippen LogP contribution < -0.4 is 10.1 Å². The second-order valence-electron chi connectivity index (χ2n) is 7.56. The highest BCUT2D eigenvalue weighted by atomic mass is 16.5. The Hall–Kier alpha value is -2.49. The van der Waals surface area contributed by atoms with E-state index in [1.54, 1.807) is 12.1 Å². The predicted molar refractivity (Wildman–Crippen MR) is 120 cm³/mol. The summed E-state index contributed by atoms with van der Waals surface area (Å²) in [5, 5.41) is 12.3. The fourth-order valence-electron chi connectivity index (χ4n) is 3.26. The molecular weight excluding hydrogens is 362 g/mol. The highest BCUT2D eigenvalue weighted by Crippen LogP contribution is 2.18. The Balaban J connectivity index is 1.57. The van der Waals surface area contributed by atoms with Crippen LogP contribution in [0.15, 0.2) is 48.5 Å². The number of unbranched alkanes of at least 4 members (excludes halogenated alkanes) is 9. The van der Waals surface area contributed by atoms with Crippen molar-refractivity contribution in [3.05, 3.63) is 54.1 Å². The third-order valence-corrected chi connectivity index (χ3v) is 4.99. The Bertz CT molecular complexity index is 712. The van der Waals surface area contributed by atoms with Crippen molar-refractivity contribution in [2.75, 3.05) is 11.9 Å². The van der Waals surface area contributed by atoms with Gasteiger partial charge in [0.15, 0.2) is 0 Å². The van der Waals surface area contributed by atoms with Crippen LogP contribution in [0.2, 0.25) is 0 Å². The number of nitrogens with one attached hydrogen (secondary N) is 1. The lowest BCUT2D eigenvalue weighted by molar-refractivity contribution is 0.102. The smallest absolute Gasteiger partial charge is 0.255 e. The van der Waals surface area contributed by atoms with Gasteiger partial charge in [-0.05, 0) is 48.9 Å². The van der Waals surface area contributed by atoms with Crippen molar-refractivity contribution in [2.24, 2.45) is 0 Å². The normalized spacial score (nSPS) is 10.7. The number of phenolic OH excluding ortho intramolecular Hbond substituents is 1. The molecule has 0 saturated carbocycles. The van der Waals surface area contributed by atoms with Gasteiger partial charge in [-0.1, -0.05) is 70.8 Å². The monoisotopic (exact) mass is 397 g/mol. The molecule has 0 aliphatic heterocycles. The fraction of sp³-hybridized carbons (Fsp3) is 0.480. The minimum Gasteiger partial charge on any atom is -0.508 e. The third-order valence-electron chi connectivity index (χ3n) is 4.99. The molecule has 2 aromatic carbocycles. The minimum absolute atomic E-state index is 0.0772. The van der Waals surface area contributed by atoms with Crippen molar-refractivity contribution < 1.29 is 14.6 Å². The Morgan fingerprint density at radius 2 is 1.48 bits per heavy atom. The van der Waals surface area contributed by atoms with E-state index in [1.807, 2.05) is 24.3 Å². The molecule has 4 heteroatoms. The van der Waals surface area contributed by atoms with Crippen LogP contribution in [0, 0.1) is 0 Å². The summed E-state index contributed by atoms with van der Waals surface area (Å²) >= 11 is 0. The zero-order chi connectivity index (χ0) is 20.7. The van der Waals surface area contributed by atoms with Gasteiger partial charge in [-0.3, -0.25) is 4.79 Å². The quantitative estimate of drug-likeness (QED) is 0.339. The van der Waals surface area contributed by atoms with Crippen molar-refractivity contribution in [3.63, 3.8) is 0 Å². The van der Waals surface area contributed by atoms with E-state index in [-0.39, 0.29) is 11.7 Å². The van der Waals surface area contributed by atoms with Gasteiger partial charge in [0.2, 0.25) is 0 Å². The molecule has 0 heterocycles. The van der Waals surface area contributed by atoms with Gasteiger partial charge in [0.05, 0.1) is 6.61 Å². The van der Waals surface area contributed by atoms with Crippen molar-refractivity contribution >= 4 is 11.6 Å². The van der Waals surface area contributed by atoms with Crippen LogP contribution in [-0.2, 0) is 0 Å². The number of ether oxygens (including phenoxy) is 1. The Kier molecular flexibility index (Phi) is 10.7. The number of rotatable bonds is 14. The van der Waals surface area contributed by atoms with Crippen LogP contribution in [-0.4, -0.2) is 17.6 Å². The number of hydrogen-bond donors (Lipinski definition) is 2. The molecule has 0 saturated heterocycles. The van der Waals surface area contributed by atoms with Crippen molar-refractivity contribution in [2.45, 2.75) is 71.1 Å². The molecule has 2 rings (SSSR count). The lowest BCUT2D eigenvalue weighted by Crippen LogP contribution is -2.11. The van der Waals surface area contributed by atoms with Crippen LogP contribution in [0.25, 0.3) is 0 Å². The summed E-state index contributed by atoms with van der Waals surface area (Å²) in [7, 11) is 0. The number of benzene rings is 2. The zero-order valence-electron chi connectivity index (χ0n) is 17.7. The second-order valence-corrected chi connectivity index (χ2v) is 7.56. The predicted octanol–water partition coefficient (Wildman–Crippen LogP) is 6.94. The number of hydrogen-bond acceptors (Lipinski definition) is 3. The Labute approximate surface area is 175 Å². The van der Waals surface area contributed by atoms with E-state index in [9.17, 15) is 9.90 Å². The molecule has 0 radical (unpaired) electrons. The van der Waals surface area contributed by atoms with Crippen LogP contribution in [0.3, 0.4) is 0 Å². The largest absolute Gasteiger partial charge is 0.508 e. The van der Waals surface area contributed by atoms with E-state index in [4.69, 9.17) is 4.74 Å². The lowest BCUT2D eigenvalue weighted by Gasteiger charge is -2.09. The van der Waals surface area contributed by atoms with Gasteiger partial charge in [0, 0.05) is 11.3 Å². The van der Waals surface area contributed by atoms with Gasteiger partial charge in [-0.15, -0.1) is 0 Å². The molecule has 0 fully saturated rings. The highest BCUT2D eigenvalue weighted by Gasteiger charge is 2.06. The number of anilines is 1. The van der Waals surface area contributed by atoms with Crippen molar-refractivity contribution in [1.82, 2.24) is 0 Å². The van der Waals surface area contributed by atoms with E-state index in [0.29, 0.717) is 11.3 Å². The van der Waals surface area contributed by atoms with Crippen LogP contribution in [0.5, 0.6) is 11.5 Å². The maximum Gasteiger partial charge on any atom is 0.255 e. The molecule has 0 unspecified atom stereocenters. The molecule has 0 aliphatic carbocycles. The summed E-state index contributed by atoms with van der Waals surface area (Å²) in [5.74, 6) is 0.643. The average Bonchev–Trinajstić information content (AvgIpc) is 2.73. The maximum absolute atomic E-state index is 12.2. The Morgan fingerprint density at radius 1 is 0.862 bits per heavy atom. The lowest BCUT2D eigenvalue weighted by atomic mass is 10.1. The summed E-state index contributed by atoms with van der Waals surface area (Å²) in [5.41, 5.74) is 1.12. The average molecular weight is 398 g/mol. The third kappa shape index (κ3) is 9.51. The van der Waals surface area contributed by atoms with Gasteiger partial charge < -0.3 is 15.2 Å². The first-order chi connectivity index (χ1) is 14.2. The van der Waals surface area contributed by atoms with E-state index < -0.39 is 0 Å². The number of amides is 1. The standard InChI is InChI=1S/C25H35NO3/c1-2-3-4-5-6-7-8-9-10-11-19-29-24-17-15-22(16-18-24)26-25(28)21-13-12-14-23(27)20-21/h12-18,20,27H,2-11,19H2,1H3,(H,26,28). The molecule has 158 valence electrons. The van der Waals surface area contributed by atoms with Crippen LogP contribution >= 0.6 is 0 Å². The summed E-state index contributed by atoms with van der Waals surface area (Å²) in [6.45, 7) is 2.98. The van der Waals surface area contributed by atoms with Crippen molar-refractivity contribution in [3.8, 4) is 11.5 Å². The summed E-state index contributed by atoms with van der Waals surface area (Å²) in [4.78, 5) is 12.2. The van der Waals surface area contributed by atoms with E-state index in [2.05, 4.69) is 12.2 Å². The molecule has 0 aromatic heterocycles. The van der Waals surface area contributed by atoms with E-state index in [1.165, 1.54) is 69.9 Å². The molecule has 2 N–H and O–H groups in total. The molecule has 0 bridgehead atoms. The number of carbonyl (C=O) groups is 1. The molecule has 29 heavy (non-hydrogen) atoms. The van der Waals surface area contributed by atoms with E-state index >= 15 is 0 Å². The number of carbonyl (C=O) groups excluding carboxylic acids is 1. The first-order valence-corrected chi connectivity index (χ1v) is 11.0. The zero-order valence-corrected chi connectivity index (χ0v) is 17.7. The van der Waals surface area contributed by atoms with E-state index in [0.717, 1.165) is 18.8 Å². The molecular formula is C25H35NO3. The van der Waals surface area contributed by atoms with Gasteiger partial charge in [-0.25, -0.2) is 0 Å². The maximum atomic E-state index is 12.2. The van der Waals surface area contributed by atoms with Gasteiger partial charge >= 0.3 is 0 Å². The molecule has 0 atom stereocenters. The first kappa shape index (κ1) is 22.8. The van der Waals surface area contributed by atoms with Gasteiger partial charge in [0.25, 0.3) is 5.91 Å². The topological polar surface area (TPSA) is 58.6 Å². The number of phenols is 1. The molecule has 0 aliphatic rings. The molecule has 0 spiro atoms. The minimum atomic E-state index is -0.250. The summed E-state index contributed by atoms with van der Waals surface area (Å²) < 4.78 is 5.79. The van der Waals surface area contributed by atoms with Crippen LogP contribution in [0.1, 0.15) is 81.5 Å². The summed E-state index contributed by atoms with van der Waals surface area (Å²) in [6, 6.07) is 13.7. The van der Waals surface area contributed by atoms with Gasteiger partial charge in [0.1, 0.15) is 11.5 Å². The Morgan fingerprint density at radius 3 is 2.10 bits per heavy atom. The number of aromatic hydroxyl groups is 1. The highest BCUT2D eigenvalue weighted by molar-refractivity contribution is 6.04. The molecule has 2 aromatic rings. The molecule has 1 amide bonds. The van der Waals surface area contributed by atoms with Crippen LogP contribution in [0.4, 0.5) is 5.69 Å². The first-order valence-electron chi connectivity index (χ1n) is 11.0. The van der Waals surface area contributed by atoms with Gasteiger partial charge in [-0.2, -0.15) is 0 Å². The molecule has 4 nitrogen and oxygen atoms in total. The van der Waals surface area contributed by atoms with Crippen molar-refractivity contribution in [1.29, 1.82) is 0 Å².